The highest BCUT2D eigenvalue weighted by molar-refractivity contribution is 5.83. The first-order valence-corrected chi connectivity index (χ1v) is 12.4. The second-order valence-corrected chi connectivity index (χ2v) is 10.6. The molecule has 1 aromatic carbocycles. The molecule has 2 heterocycles. The number of amides is 2. The molecule has 1 saturated carbocycles. The Balaban J connectivity index is 1.51. The summed E-state index contributed by atoms with van der Waals surface area (Å²) in [6.07, 6.45) is 1.69. The first kappa shape index (κ1) is 25.3. The summed E-state index contributed by atoms with van der Waals surface area (Å²) in [6.45, 7) is 1.92. The molecule has 1 aliphatic carbocycles. The van der Waals surface area contributed by atoms with E-state index in [1.165, 1.54) is 18.9 Å². The van der Waals surface area contributed by atoms with Gasteiger partial charge in [-0.1, -0.05) is 12.8 Å². The van der Waals surface area contributed by atoms with Crippen molar-refractivity contribution in [2.45, 2.75) is 51.1 Å². The van der Waals surface area contributed by atoms with Crippen LogP contribution in [0.5, 0.6) is 0 Å². The molecule has 0 aromatic heterocycles. The van der Waals surface area contributed by atoms with E-state index in [1.54, 1.807) is 31.1 Å². The summed E-state index contributed by atoms with van der Waals surface area (Å²) in [4.78, 5) is 31.6. The van der Waals surface area contributed by atoms with Crippen LogP contribution in [-0.4, -0.2) is 61.9 Å². The van der Waals surface area contributed by atoms with E-state index in [4.69, 9.17) is 5.26 Å². The maximum atomic E-state index is 13.5. The van der Waals surface area contributed by atoms with Gasteiger partial charge in [-0.25, -0.2) is 0 Å². The zero-order valence-electron chi connectivity index (χ0n) is 20.4. The van der Waals surface area contributed by atoms with Crippen LogP contribution in [0.4, 0.5) is 18.9 Å². The van der Waals surface area contributed by atoms with E-state index in [9.17, 15) is 22.8 Å². The second kappa shape index (κ2) is 9.71. The van der Waals surface area contributed by atoms with Crippen molar-refractivity contribution in [3.05, 3.63) is 29.3 Å². The molecule has 9 heteroatoms. The summed E-state index contributed by atoms with van der Waals surface area (Å²) in [7, 11) is 3.45. The third-order valence-electron chi connectivity index (χ3n) is 8.23. The number of carbonyl (C=O) groups excluding carboxylic acids is 2. The first-order chi connectivity index (χ1) is 16.5. The van der Waals surface area contributed by atoms with Crippen molar-refractivity contribution >= 4 is 17.5 Å². The topological polar surface area (TPSA) is 67.7 Å². The number of carbonyl (C=O) groups is 2. The minimum Gasteiger partial charge on any atom is -0.371 e. The number of benzene rings is 1. The molecule has 2 saturated heterocycles. The molecule has 2 aliphatic heterocycles. The molecule has 0 radical (unpaired) electrons. The Kier molecular flexibility index (Phi) is 7.03. The molecular formula is C26H33F3N4O2. The highest BCUT2D eigenvalue weighted by atomic mass is 19.4. The zero-order chi connectivity index (χ0) is 25.4. The molecule has 1 unspecified atom stereocenters. The van der Waals surface area contributed by atoms with Crippen LogP contribution in [-0.2, 0) is 15.8 Å². The molecule has 0 N–H and O–H groups in total. The summed E-state index contributed by atoms with van der Waals surface area (Å²) in [5, 5.41) is 9.08. The number of hydrogen-bond acceptors (Lipinski definition) is 4. The lowest BCUT2D eigenvalue weighted by atomic mass is 9.70. The lowest BCUT2D eigenvalue weighted by Crippen LogP contribution is -2.48. The van der Waals surface area contributed by atoms with Crippen molar-refractivity contribution in [3.63, 3.8) is 0 Å². The molecule has 1 aromatic rings. The lowest BCUT2D eigenvalue weighted by Gasteiger charge is -2.43. The van der Waals surface area contributed by atoms with Gasteiger partial charge < -0.3 is 14.7 Å². The van der Waals surface area contributed by atoms with Crippen molar-refractivity contribution in [3.8, 4) is 6.07 Å². The van der Waals surface area contributed by atoms with Crippen LogP contribution in [0.15, 0.2) is 18.2 Å². The molecular weight excluding hydrogens is 457 g/mol. The van der Waals surface area contributed by atoms with Crippen LogP contribution in [0.1, 0.15) is 56.1 Å². The van der Waals surface area contributed by atoms with Crippen molar-refractivity contribution < 1.29 is 22.8 Å². The van der Waals surface area contributed by atoms with E-state index in [0.29, 0.717) is 57.0 Å². The molecule has 190 valence electrons. The first-order valence-electron chi connectivity index (χ1n) is 12.4. The maximum Gasteiger partial charge on any atom is 0.417 e. The van der Waals surface area contributed by atoms with E-state index in [1.807, 2.05) is 9.80 Å². The summed E-state index contributed by atoms with van der Waals surface area (Å²) in [6, 6.07) is 5.45. The normalized spacial score (nSPS) is 22.5. The Morgan fingerprint density at radius 1 is 1.17 bits per heavy atom. The maximum absolute atomic E-state index is 13.5. The number of likely N-dealkylation sites (tertiary alicyclic amines) is 1. The number of piperidine rings is 1. The van der Waals surface area contributed by atoms with Gasteiger partial charge in [-0.15, -0.1) is 0 Å². The third-order valence-corrected chi connectivity index (χ3v) is 8.23. The summed E-state index contributed by atoms with van der Waals surface area (Å²) in [5.74, 6) is 0.254. The van der Waals surface area contributed by atoms with Gasteiger partial charge >= 0.3 is 6.18 Å². The van der Waals surface area contributed by atoms with Gasteiger partial charge in [0, 0.05) is 57.8 Å². The largest absolute Gasteiger partial charge is 0.417 e. The van der Waals surface area contributed by atoms with E-state index >= 15 is 0 Å². The Morgan fingerprint density at radius 2 is 1.83 bits per heavy atom. The van der Waals surface area contributed by atoms with Crippen LogP contribution in [0.25, 0.3) is 0 Å². The highest BCUT2D eigenvalue weighted by Crippen LogP contribution is 2.47. The fourth-order valence-corrected chi connectivity index (χ4v) is 6.18. The predicted octanol–water partition coefficient (Wildman–Crippen LogP) is 4.29. The van der Waals surface area contributed by atoms with E-state index in [0.717, 1.165) is 18.9 Å². The molecule has 1 atom stereocenters. The Hall–Kier alpha value is -2.76. The lowest BCUT2D eigenvalue weighted by molar-refractivity contribution is -0.138. The van der Waals surface area contributed by atoms with Gasteiger partial charge in [0.2, 0.25) is 11.8 Å². The number of anilines is 1. The minimum atomic E-state index is -4.60. The zero-order valence-corrected chi connectivity index (χ0v) is 20.4. The highest BCUT2D eigenvalue weighted by Gasteiger charge is 2.52. The van der Waals surface area contributed by atoms with Crippen LogP contribution in [0.3, 0.4) is 0 Å². The van der Waals surface area contributed by atoms with E-state index in [2.05, 4.69) is 0 Å². The Labute approximate surface area is 204 Å². The van der Waals surface area contributed by atoms with Gasteiger partial charge in [-0.2, -0.15) is 18.4 Å². The average Bonchev–Trinajstić information content (AvgIpc) is 3.46. The van der Waals surface area contributed by atoms with E-state index in [-0.39, 0.29) is 23.1 Å². The minimum absolute atomic E-state index is 0.00680. The number of hydrogen-bond donors (Lipinski definition) is 0. The number of halogens is 3. The Morgan fingerprint density at radius 3 is 2.40 bits per heavy atom. The van der Waals surface area contributed by atoms with Gasteiger partial charge in [-0.05, 0) is 49.8 Å². The van der Waals surface area contributed by atoms with Crippen LogP contribution in [0, 0.1) is 28.6 Å². The van der Waals surface area contributed by atoms with Crippen molar-refractivity contribution in [1.29, 1.82) is 5.26 Å². The number of nitriles is 1. The van der Waals surface area contributed by atoms with Gasteiger partial charge in [0.25, 0.3) is 0 Å². The quantitative estimate of drug-likeness (QED) is 0.632. The summed E-state index contributed by atoms with van der Waals surface area (Å²) in [5.41, 5.74) is -1.27. The van der Waals surface area contributed by atoms with E-state index < -0.39 is 17.3 Å². The Bertz CT molecular complexity index is 1000. The molecule has 3 fully saturated rings. The van der Waals surface area contributed by atoms with Crippen molar-refractivity contribution in [1.82, 2.24) is 9.80 Å². The van der Waals surface area contributed by atoms with Crippen LogP contribution < -0.4 is 4.90 Å². The SMILES string of the molecule is CN(C)C(=O)C1CN(C(=O)CC2CCCC2)CC12CCN(c1ccc(C#N)c(C(F)(F)F)c1)CC2. The third kappa shape index (κ3) is 5.12. The standard InChI is InChI=1S/C26H33F3N4O2/c1-31(2)24(35)22-16-33(23(34)13-18-5-3-4-6-18)17-25(22)9-11-32(12-10-25)20-8-7-19(15-30)21(14-20)26(27,28)29/h7-8,14,18,22H,3-6,9-13,16-17H2,1-2H3. The van der Waals surface area contributed by atoms with Gasteiger partial charge in [0.15, 0.2) is 0 Å². The number of rotatable bonds is 4. The fourth-order valence-electron chi connectivity index (χ4n) is 6.18. The molecule has 3 aliphatic rings. The molecule has 4 rings (SSSR count). The molecule has 2 amide bonds. The predicted molar refractivity (Wildman–Crippen MR) is 125 cm³/mol. The molecule has 6 nitrogen and oxygen atoms in total. The average molecular weight is 491 g/mol. The van der Waals surface area contributed by atoms with Gasteiger partial charge in [0.05, 0.1) is 23.1 Å². The van der Waals surface area contributed by atoms with Gasteiger partial charge in [0.1, 0.15) is 0 Å². The monoisotopic (exact) mass is 490 g/mol. The molecule has 0 bridgehead atoms. The number of alkyl halides is 3. The molecule has 1 spiro atoms. The van der Waals surface area contributed by atoms with Crippen LogP contribution in [0.2, 0.25) is 0 Å². The van der Waals surface area contributed by atoms with Gasteiger partial charge in [-0.3, -0.25) is 9.59 Å². The second-order valence-electron chi connectivity index (χ2n) is 10.6. The summed E-state index contributed by atoms with van der Waals surface area (Å²) < 4.78 is 40.4. The van der Waals surface area contributed by atoms with Crippen molar-refractivity contribution in [2.24, 2.45) is 17.3 Å². The summed E-state index contributed by atoms with van der Waals surface area (Å²) >= 11 is 0. The molecule has 35 heavy (non-hydrogen) atoms. The fraction of sp³-hybridized carbons (Fsp3) is 0.654. The number of nitrogens with zero attached hydrogens (tertiary/aromatic N) is 4. The van der Waals surface area contributed by atoms with Crippen molar-refractivity contribution in [2.75, 3.05) is 45.2 Å². The smallest absolute Gasteiger partial charge is 0.371 e. The van der Waals surface area contributed by atoms with Crippen LogP contribution >= 0.6 is 0 Å².